The lowest BCUT2D eigenvalue weighted by molar-refractivity contribution is -0.157. The van der Waals surface area contributed by atoms with Crippen LogP contribution in [0.4, 0.5) is 13.2 Å². The van der Waals surface area contributed by atoms with Gasteiger partial charge < -0.3 is 15.2 Å². The third-order valence-corrected chi connectivity index (χ3v) is 3.63. The van der Waals surface area contributed by atoms with Crippen molar-refractivity contribution in [2.75, 3.05) is 0 Å². The molecule has 0 radical (unpaired) electrons. The van der Waals surface area contributed by atoms with Crippen molar-refractivity contribution in [1.82, 2.24) is 10.3 Å². The highest BCUT2D eigenvalue weighted by Crippen LogP contribution is 2.23. The van der Waals surface area contributed by atoms with Gasteiger partial charge in [0.15, 0.2) is 0 Å². The average Bonchev–Trinajstić information content (AvgIpc) is 2.98. The molecule has 2 N–H and O–H groups in total. The Kier molecular flexibility index (Phi) is 5.63. The molecule has 1 aromatic heterocycles. The SMILES string of the molecule is O=C(NC(CC(F)(F)F)C(=O)O)c1ccc(OC2CCCC2)nc1. The number of carboxylic acids is 1. The van der Waals surface area contributed by atoms with Crippen molar-refractivity contribution in [3.63, 3.8) is 0 Å². The Morgan fingerprint density at radius 3 is 2.50 bits per heavy atom. The van der Waals surface area contributed by atoms with Crippen LogP contribution in [0.2, 0.25) is 0 Å². The predicted octanol–water partition coefficient (Wildman–Crippen LogP) is 2.54. The molecule has 0 aromatic carbocycles. The molecule has 1 saturated carbocycles. The fraction of sp³-hybridized carbons (Fsp3) is 0.533. The first-order valence-electron chi connectivity index (χ1n) is 7.48. The van der Waals surface area contributed by atoms with Gasteiger partial charge in [0, 0.05) is 12.3 Å². The molecule has 0 aliphatic heterocycles. The van der Waals surface area contributed by atoms with E-state index in [1.165, 1.54) is 12.1 Å². The maximum Gasteiger partial charge on any atom is 0.391 e. The van der Waals surface area contributed by atoms with E-state index in [1.54, 1.807) is 0 Å². The minimum atomic E-state index is -4.70. The minimum Gasteiger partial charge on any atom is -0.480 e. The minimum absolute atomic E-state index is 0.0396. The van der Waals surface area contributed by atoms with Gasteiger partial charge in [-0.15, -0.1) is 0 Å². The second-order valence-corrected chi connectivity index (χ2v) is 5.59. The van der Waals surface area contributed by atoms with Crippen molar-refractivity contribution in [2.24, 2.45) is 0 Å². The second kappa shape index (κ2) is 7.50. The molecule has 1 aliphatic carbocycles. The fourth-order valence-electron chi connectivity index (χ4n) is 2.43. The Hall–Kier alpha value is -2.32. The molecular weight excluding hydrogens is 329 g/mol. The number of ether oxygens (including phenoxy) is 1. The first kappa shape index (κ1) is 18.0. The fourth-order valence-corrected chi connectivity index (χ4v) is 2.43. The van der Waals surface area contributed by atoms with Crippen molar-refractivity contribution in [3.05, 3.63) is 23.9 Å². The molecule has 1 atom stereocenters. The van der Waals surface area contributed by atoms with E-state index in [1.807, 2.05) is 5.32 Å². The molecule has 1 aliphatic rings. The van der Waals surface area contributed by atoms with Gasteiger partial charge in [-0.3, -0.25) is 4.79 Å². The highest BCUT2D eigenvalue weighted by Gasteiger charge is 2.36. The van der Waals surface area contributed by atoms with E-state index in [0.717, 1.165) is 31.9 Å². The Labute approximate surface area is 136 Å². The number of hydrogen-bond acceptors (Lipinski definition) is 4. The first-order chi connectivity index (χ1) is 11.2. The van der Waals surface area contributed by atoms with Crippen LogP contribution in [0.15, 0.2) is 18.3 Å². The van der Waals surface area contributed by atoms with Gasteiger partial charge in [-0.25, -0.2) is 9.78 Å². The van der Waals surface area contributed by atoms with E-state index in [0.29, 0.717) is 5.88 Å². The van der Waals surface area contributed by atoms with Crippen LogP contribution in [-0.2, 0) is 4.79 Å². The van der Waals surface area contributed by atoms with Crippen LogP contribution >= 0.6 is 0 Å². The number of amides is 1. The van der Waals surface area contributed by atoms with Gasteiger partial charge in [-0.1, -0.05) is 0 Å². The Morgan fingerprint density at radius 2 is 2.00 bits per heavy atom. The number of carboxylic acid groups (broad SMARTS) is 1. The summed E-state index contributed by atoms with van der Waals surface area (Å²) in [5.74, 6) is -2.37. The number of rotatable bonds is 6. The highest BCUT2D eigenvalue weighted by atomic mass is 19.4. The number of hydrogen-bond donors (Lipinski definition) is 2. The van der Waals surface area contributed by atoms with Crippen LogP contribution < -0.4 is 10.1 Å². The first-order valence-corrected chi connectivity index (χ1v) is 7.48. The van der Waals surface area contributed by atoms with E-state index in [-0.39, 0.29) is 11.7 Å². The molecule has 9 heteroatoms. The third-order valence-electron chi connectivity index (χ3n) is 3.63. The molecule has 6 nitrogen and oxygen atoms in total. The van der Waals surface area contributed by atoms with Crippen molar-refractivity contribution in [3.8, 4) is 5.88 Å². The van der Waals surface area contributed by atoms with E-state index >= 15 is 0 Å². The van der Waals surface area contributed by atoms with Gasteiger partial charge >= 0.3 is 12.1 Å². The summed E-state index contributed by atoms with van der Waals surface area (Å²) in [5.41, 5.74) is -0.0396. The molecule has 2 rings (SSSR count). The second-order valence-electron chi connectivity index (χ2n) is 5.59. The molecule has 24 heavy (non-hydrogen) atoms. The number of carbonyl (C=O) groups is 2. The molecule has 0 bridgehead atoms. The molecule has 0 spiro atoms. The zero-order valence-electron chi connectivity index (χ0n) is 12.7. The summed E-state index contributed by atoms with van der Waals surface area (Å²) in [5, 5.41) is 10.6. The highest BCUT2D eigenvalue weighted by molar-refractivity contribution is 5.96. The van der Waals surface area contributed by atoms with Crippen LogP contribution in [-0.4, -0.2) is 40.3 Å². The zero-order chi connectivity index (χ0) is 17.7. The Morgan fingerprint density at radius 1 is 1.33 bits per heavy atom. The van der Waals surface area contributed by atoms with Gasteiger partial charge in [-0.2, -0.15) is 13.2 Å². The zero-order valence-corrected chi connectivity index (χ0v) is 12.7. The van der Waals surface area contributed by atoms with Gasteiger partial charge in [-0.05, 0) is 31.7 Å². The molecule has 0 saturated heterocycles. The van der Waals surface area contributed by atoms with Gasteiger partial charge in [0.2, 0.25) is 5.88 Å². The van der Waals surface area contributed by atoms with Crippen LogP contribution in [0, 0.1) is 0 Å². The lowest BCUT2D eigenvalue weighted by Gasteiger charge is -2.16. The molecular formula is C15H17F3N2O4. The van der Waals surface area contributed by atoms with Gasteiger partial charge in [0.1, 0.15) is 12.1 Å². The number of pyridine rings is 1. The van der Waals surface area contributed by atoms with E-state index in [9.17, 15) is 22.8 Å². The number of nitrogens with zero attached hydrogens (tertiary/aromatic N) is 1. The summed E-state index contributed by atoms with van der Waals surface area (Å²) in [6.07, 6.45) is -1.09. The Balaban J connectivity index is 1.96. The van der Waals surface area contributed by atoms with Crippen LogP contribution in [0.5, 0.6) is 5.88 Å². The van der Waals surface area contributed by atoms with E-state index in [2.05, 4.69) is 4.98 Å². The molecule has 1 aromatic rings. The van der Waals surface area contributed by atoms with Crippen molar-refractivity contribution in [2.45, 2.75) is 50.4 Å². The van der Waals surface area contributed by atoms with Crippen LogP contribution in [0.1, 0.15) is 42.5 Å². The molecule has 1 amide bonds. The van der Waals surface area contributed by atoms with Crippen molar-refractivity contribution < 1.29 is 32.6 Å². The average molecular weight is 346 g/mol. The Bertz CT molecular complexity index is 583. The smallest absolute Gasteiger partial charge is 0.391 e. The van der Waals surface area contributed by atoms with Crippen LogP contribution in [0.3, 0.4) is 0 Å². The lowest BCUT2D eigenvalue weighted by atomic mass is 10.2. The summed E-state index contributed by atoms with van der Waals surface area (Å²) in [6, 6.07) is 0.721. The quantitative estimate of drug-likeness (QED) is 0.826. The summed E-state index contributed by atoms with van der Waals surface area (Å²) in [6.45, 7) is 0. The molecule has 132 valence electrons. The van der Waals surface area contributed by atoms with Gasteiger partial charge in [0.05, 0.1) is 12.0 Å². The number of alkyl halides is 3. The number of halogens is 3. The molecule has 1 heterocycles. The molecule has 1 fully saturated rings. The van der Waals surface area contributed by atoms with Gasteiger partial charge in [0.25, 0.3) is 5.91 Å². The van der Waals surface area contributed by atoms with E-state index < -0.39 is 30.5 Å². The molecule has 1 unspecified atom stereocenters. The third kappa shape index (κ3) is 5.39. The number of nitrogens with one attached hydrogen (secondary N) is 1. The van der Waals surface area contributed by atoms with Crippen molar-refractivity contribution >= 4 is 11.9 Å². The largest absolute Gasteiger partial charge is 0.480 e. The number of aromatic nitrogens is 1. The summed E-state index contributed by atoms with van der Waals surface area (Å²) in [7, 11) is 0. The standard InChI is InChI=1S/C15H17F3N2O4/c16-15(17,18)7-11(14(22)23)20-13(21)9-5-6-12(19-8-9)24-10-3-1-2-4-10/h5-6,8,10-11H,1-4,7H2,(H,20,21)(H,22,23). The maximum absolute atomic E-state index is 12.3. The summed E-state index contributed by atoms with van der Waals surface area (Å²) >= 11 is 0. The maximum atomic E-state index is 12.3. The number of carbonyl (C=O) groups excluding carboxylic acids is 1. The topological polar surface area (TPSA) is 88.5 Å². The monoisotopic (exact) mass is 346 g/mol. The normalized spacial score (nSPS) is 16.6. The number of aliphatic carboxylic acids is 1. The summed E-state index contributed by atoms with van der Waals surface area (Å²) in [4.78, 5) is 26.7. The predicted molar refractivity (Wildman–Crippen MR) is 76.7 cm³/mol. The van der Waals surface area contributed by atoms with E-state index in [4.69, 9.17) is 9.84 Å². The lowest BCUT2D eigenvalue weighted by Crippen LogP contribution is -2.43. The van der Waals surface area contributed by atoms with Crippen LogP contribution in [0.25, 0.3) is 0 Å². The summed E-state index contributed by atoms with van der Waals surface area (Å²) < 4.78 is 42.6. The van der Waals surface area contributed by atoms with Crippen molar-refractivity contribution in [1.29, 1.82) is 0 Å².